The summed E-state index contributed by atoms with van der Waals surface area (Å²) in [6.45, 7) is 5.67. The van der Waals surface area contributed by atoms with Gasteiger partial charge in [-0.05, 0) is 30.7 Å². The maximum absolute atomic E-state index is 11.3. The van der Waals surface area contributed by atoms with Crippen LogP contribution in [-0.4, -0.2) is 12.7 Å². The fraction of sp³-hybridized carbons (Fsp3) is 0.154. The molecule has 0 bridgehead atoms. The Hall–Kier alpha value is -1.74. The third kappa shape index (κ3) is 4.33. The maximum Gasteiger partial charge on any atom is 0.411 e. The third-order valence-corrected chi connectivity index (χ3v) is 2.17. The van der Waals surface area contributed by atoms with Crippen LogP contribution in [0.2, 0.25) is 5.02 Å². The van der Waals surface area contributed by atoms with Crippen LogP contribution in [0.25, 0.3) is 6.08 Å². The molecular weight excluding hydrogens is 238 g/mol. The summed E-state index contributed by atoms with van der Waals surface area (Å²) >= 11 is 5.89. The summed E-state index contributed by atoms with van der Waals surface area (Å²) in [4.78, 5) is 11.3. The first-order valence-corrected chi connectivity index (χ1v) is 5.57. The highest BCUT2D eigenvalue weighted by Gasteiger charge is 2.05. The van der Waals surface area contributed by atoms with E-state index in [2.05, 4.69) is 11.9 Å². The Morgan fingerprint density at radius 1 is 1.59 bits per heavy atom. The molecule has 0 fully saturated rings. The molecule has 0 saturated heterocycles. The van der Waals surface area contributed by atoms with E-state index in [1.54, 1.807) is 43.4 Å². The van der Waals surface area contributed by atoms with Crippen molar-refractivity contribution in [3.8, 4) is 0 Å². The largest absolute Gasteiger partial charge is 0.450 e. The van der Waals surface area contributed by atoms with Gasteiger partial charge < -0.3 is 4.74 Å². The number of amides is 1. The fourth-order valence-corrected chi connectivity index (χ4v) is 1.41. The fourth-order valence-electron chi connectivity index (χ4n) is 1.23. The molecule has 0 unspecified atom stereocenters. The molecule has 90 valence electrons. The van der Waals surface area contributed by atoms with Gasteiger partial charge in [-0.2, -0.15) is 0 Å². The Balaban J connectivity index is 2.93. The van der Waals surface area contributed by atoms with Gasteiger partial charge in [-0.1, -0.05) is 36.4 Å². The molecule has 4 heteroatoms. The number of rotatable bonds is 4. The van der Waals surface area contributed by atoms with Crippen molar-refractivity contribution >= 4 is 29.5 Å². The number of hydrogen-bond acceptors (Lipinski definition) is 2. The van der Waals surface area contributed by atoms with E-state index in [1.807, 2.05) is 0 Å². The second-order valence-corrected chi connectivity index (χ2v) is 3.61. The van der Waals surface area contributed by atoms with Crippen molar-refractivity contribution in [2.75, 3.05) is 11.9 Å². The lowest BCUT2D eigenvalue weighted by atomic mass is 10.1. The molecule has 1 amide bonds. The molecule has 0 aromatic heterocycles. The van der Waals surface area contributed by atoms with E-state index in [9.17, 15) is 4.79 Å². The van der Waals surface area contributed by atoms with Gasteiger partial charge in [0.25, 0.3) is 0 Å². The first-order chi connectivity index (χ1) is 8.17. The minimum Gasteiger partial charge on any atom is -0.450 e. The van der Waals surface area contributed by atoms with Gasteiger partial charge in [-0.25, -0.2) is 4.79 Å². The normalized spacial score (nSPS) is 10.2. The second-order valence-electron chi connectivity index (χ2n) is 3.17. The summed E-state index contributed by atoms with van der Waals surface area (Å²) < 4.78 is 4.81. The summed E-state index contributed by atoms with van der Waals surface area (Å²) in [6.07, 6.45) is 4.74. The van der Waals surface area contributed by atoms with E-state index in [4.69, 9.17) is 16.3 Å². The third-order valence-electron chi connectivity index (χ3n) is 1.94. The van der Waals surface area contributed by atoms with Gasteiger partial charge in [-0.15, -0.1) is 0 Å². The standard InChI is InChI=1S/C13H14ClNO2/c1-3-5-6-10-9-11(14)7-8-12(10)15-13(16)17-4-2/h3,5-9H,1,4H2,2H3,(H,15,16)/b6-5+. The lowest BCUT2D eigenvalue weighted by Crippen LogP contribution is -2.13. The lowest BCUT2D eigenvalue weighted by Gasteiger charge is -2.08. The van der Waals surface area contributed by atoms with Gasteiger partial charge in [0, 0.05) is 5.02 Å². The summed E-state index contributed by atoms with van der Waals surface area (Å²) in [5.74, 6) is 0. The molecule has 3 nitrogen and oxygen atoms in total. The van der Waals surface area contributed by atoms with Crippen LogP contribution in [0.4, 0.5) is 10.5 Å². The molecule has 1 N–H and O–H groups in total. The quantitative estimate of drug-likeness (QED) is 0.818. The number of ether oxygens (including phenoxy) is 1. The molecule has 1 aromatic carbocycles. The first kappa shape index (κ1) is 13.3. The highest BCUT2D eigenvalue weighted by atomic mass is 35.5. The molecule has 1 aromatic rings. The minimum absolute atomic E-state index is 0.331. The van der Waals surface area contributed by atoms with Crippen LogP contribution in [0.5, 0.6) is 0 Å². The molecule has 0 aliphatic rings. The average molecular weight is 252 g/mol. The topological polar surface area (TPSA) is 38.3 Å². The minimum atomic E-state index is -0.483. The van der Waals surface area contributed by atoms with E-state index >= 15 is 0 Å². The molecule has 0 saturated carbocycles. The van der Waals surface area contributed by atoms with Gasteiger partial charge in [0.05, 0.1) is 12.3 Å². The number of carbonyl (C=O) groups is 1. The van der Waals surface area contributed by atoms with Crippen molar-refractivity contribution in [3.05, 3.63) is 47.5 Å². The number of allylic oxidation sites excluding steroid dienone is 2. The lowest BCUT2D eigenvalue weighted by molar-refractivity contribution is 0.168. The monoisotopic (exact) mass is 251 g/mol. The highest BCUT2D eigenvalue weighted by molar-refractivity contribution is 6.30. The van der Waals surface area contributed by atoms with Crippen molar-refractivity contribution in [3.63, 3.8) is 0 Å². The van der Waals surface area contributed by atoms with E-state index < -0.39 is 6.09 Å². The summed E-state index contributed by atoms with van der Waals surface area (Å²) in [6, 6.07) is 5.18. The summed E-state index contributed by atoms with van der Waals surface area (Å²) in [7, 11) is 0. The van der Waals surface area contributed by atoms with E-state index in [0.717, 1.165) is 5.56 Å². The smallest absolute Gasteiger partial charge is 0.411 e. The van der Waals surface area contributed by atoms with Crippen molar-refractivity contribution in [2.24, 2.45) is 0 Å². The number of carbonyl (C=O) groups excluding carboxylic acids is 1. The van der Waals surface area contributed by atoms with Gasteiger partial charge in [0.15, 0.2) is 0 Å². The van der Waals surface area contributed by atoms with Crippen molar-refractivity contribution in [1.29, 1.82) is 0 Å². The van der Waals surface area contributed by atoms with Crippen LogP contribution in [0.1, 0.15) is 12.5 Å². The predicted molar refractivity (Wildman–Crippen MR) is 71.3 cm³/mol. The molecule has 17 heavy (non-hydrogen) atoms. The van der Waals surface area contributed by atoms with Crippen LogP contribution in [0, 0.1) is 0 Å². The van der Waals surface area contributed by atoms with E-state index in [-0.39, 0.29) is 0 Å². The van der Waals surface area contributed by atoms with E-state index in [1.165, 1.54) is 0 Å². The van der Waals surface area contributed by atoms with Crippen LogP contribution in [0.3, 0.4) is 0 Å². The maximum atomic E-state index is 11.3. The number of hydrogen-bond donors (Lipinski definition) is 1. The molecule has 0 aliphatic heterocycles. The molecule has 0 atom stereocenters. The van der Waals surface area contributed by atoms with Crippen molar-refractivity contribution < 1.29 is 9.53 Å². The Kier molecular flexibility index (Phi) is 5.30. The zero-order chi connectivity index (χ0) is 12.7. The molecule has 0 radical (unpaired) electrons. The Labute approximate surface area is 106 Å². The SMILES string of the molecule is C=C/C=C/c1cc(Cl)ccc1NC(=O)OCC. The van der Waals surface area contributed by atoms with Crippen LogP contribution in [-0.2, 0) is 4.74 Å². The number of anilines is 1. The Bertz CT molecular complexity index is 441. The summed E-state index contributed by atoms with van der Waals surface area (Å²) in [5, 5.41) is 3.24. The van der Waals surface area contributed by atoms with Crippen molar-refractivity contribution in [2.45, 2.75) is 6.92 Å². The molecule has 0 heterocycles. The van der Waals surface area contributed by atoms with Crippen LogP contribution in [0.15, 0.2) is 36.9 Å². The molecular formula is C13H14ClNO2. The number of nitrogens with one attached hydrogen (secondary N) is 1. The Morgan fingerprint density at radius 3 is 3.00 bits per heavy atom. The van der Waals surface area contributed by atoms with Gasteiger partial charge in [0.2, 0.25) is 0 Å². The molecule has 0 aliphatic carbocycles. The van der Waals surface area contributed by atoms with Gasteiger partial charge in [-0.3, -0.25) is 5.32 Å². The van der Waals surface area contributed by atoms with Crippen LogP contribution < -0.4 is 5.32 Å². The predicted octanol–water partition coefficient (Wildman–Crippen LogP) is 4.11. The average Bonchev–Trinajstić information content (AvgIpc) is 2.30. The summed E-state index contributed by atoms with van der Waals surface area (Å²) in [5.41, 5.74) is 1.44. The zero-order valence-electron chi connectivity index (χ0n) is 9.57. The van der Waals surface area contributed by atoms with E-state index in [0.29, 0.717) is 17.3 Å². The highest BCUT2D eigenvalue weighted by Crippen LogP contribution is 2.22. The Morgan fingerprint density at radius 2 is 2.35 bits per heavy atom. The molecule has 1 rings (SSSR count). The molecule has 0 spiro atoms. The van der Waals surface area contributed by atoms with Gasteiger partial charge in [0.1, 0.15) is 0 Å². The zero-order valence-corrected chi connectivity index (χ0v) is 10.3. The second kappa shape index (κ2) is 6.76. The first-order valence-electron chi connectivity index (χ1n) is 5.19. The van der Waals surface area contributed by atoms with Gasteiger partial charge >= 0.3 is 6.09 Å². The van der Waals surface area contributed by atoms with Crippen molar-refractivity contribution in [1.82, 2.24) is 0 Å². The number of halogens is 1. The number of benzene rings is 1. The van der Waals surface area contributed by atoms with Crippen LogP contribution >= 0.6 is 11.6 Å².